The van der Waals surface area contributed by atoms with E-state index in [-0.39, 0.29) is 28.9 Å². The number of likely N-dealkylation sites (tertiary alicyclic amines) is 1. The normalized spacial score (nSPS) is 21.4. The van der Waals surface area contributed by atoms with E-state index in [1.807, 2.05) is 0 Å². The minimum atomic E-state index is -2.62. The summed E-state index contributed by atoms with van der Waals surface area (Å²) < 4.78 is 4.47. The van der Waals surface area contributed by atoms with Gasteiger partial charge in [0.1, 0.15) is 6.04 Å². The number of carbonyl (C=O) groups excluding carboxylic acids is 5. The first-order valence-corrected chi connectivity index (χ1v) is 8.31. The molecule has 1 aromatic rings. The van der Waals surface area contributed by atoms with Crippen molar-refractivity contribution in [2.75, 3.05) is 7.11 Å². The number of aliphatic carboxylic acids is 1. The lowest BCUT2D eigenvalue weighted by atomic mass is 9.93. The lowest BCUT2D eigenvalue weighted by molar-refractivity contribution is -0.180. The second-order valence-corrected chi connectivity index (χ2v) is 6.52. The molecule has 1 aromatic carbocycles. The molecule has 1 N–H and O–H groups in total. The van der Waals surface area contributed by atoms with Crippen molar-refractivity contribution in [3.63, 3.8) is 0 Å². The summed E-state index contributed by atoms with van der Waals surface area (Å²) in [4.78, 5) is 75.5. The van der Waals surface area contributed by atoms with Crippen LogP contribution < -0.4 is 0 Å². The standard InChI is InChI=1S/C18H16N2O8/c1-18(16(25)26,17(27)28-2)20-12(21)8-7-11(15(20)24)19-13(22)9-5-3-4-6-10(9)14(19)23/h3-6,11H,7-8H2,1-2H3,(H,25,26). The molecule has 2 aliphatic rings. The number of esters is 1. The zero-order valence-electron chi connectivity index (χ0n) is 15.0. The SMILES string of the molecule is COC(=O)C(C)(C(=O)O)N1C(=O)CCC(N2C(=O)c3ccccc3C2=O)C1=O. The van der Waals surface area contributed by atoms with E-state index < -0.39 is 47.1 Å². The van der Waals surface area contributed by atoms with Crippen molar-refractivity contribution in [2.45, 2.75) is 31.3 Å². The molecule has 2 unspecified atom stereocenters. The van der Waals surface area contributed by atoms with Crippen molar-refractivity contribution in [2.24, 2.45) is 0 Å². The van der Waals surface area contributed by atoms with Crippen LogP contribution in [0.1, 0.15) is 40.5 Å². The molecule has 146 valence electrons. The van der Waals surface area contributed by atoms with Crippen molar-refractivity contribution in [1.29, 1.82) is 0 Å². The van der Waals surface area contributed by atoms with E-state index in [0.29, 0.717) is 4.90 Å². The van der Waals surface area contributed by atoms with Crippen LogP contribution in [0.5, 0.6) is 0 Å². The number of ether oxygens (including phenoxy) is 1. The summed E-state index contributed by atoms with van der Waals surface area (Å²) in [5.41, 5.74) is -2.41. The van der Waals surface area contributed by atoms with Gasteiger partial charge in [-0.3, -0.25) is 29.0 Å². The summed E-state index contributed by atoms with van der Waals surface area (Å²) >= 11 is 0. The van der Waals surface area contributed by atoms with Crippen LogP contribution in [-0.4, -0.2) is 69.2 Å². The van der Waals surface area contributed by atoms with E-state index in [9.17, 15) is 33.9 Å². The van der Waals surface area contributed by atoms with Gasteiger partial charge >= 0.3 is 11.9 Å². The second kappa shape index (κ2) is 6.55. The maximum atomic E-state index is 13.0. The molecule has 2 aliphatic heterocycles. The van der Waals surface area contributed by atoms with Gasteiger partial charge in [-0.25, -0.2) is 9.59 Å². The number of carboxylic acids is 1. The molecule has 0 radical (unpaired) electrons. The number of piperidine rings is 1. The largest absolute Gasteiger partial charge is 0.479 e. The first kappa shape index (κ1) is 19.2. The van der Waals surface area contributed by atoms with Crippen LogP contribution in [0.3, 0.4) is 0 Å². The van der Waals surface area contributed by atoms with Crippen LogP contribution >= 0.6 is 0 Å². The third-order valence-electron chi connectivity index (χ3n) is 4.97. The van der Waals surface area contributed by atoms with Crippen LogP contribution in [-0.2, 0) is 23.9 Å². The molecular weight excluding hydrogens is 372 g/mol. The summed E-state index contributed by atoms with van der Waals surface area (Å²) in [6.07, 6.45) is -0.500. The van der Waals surface area contributed by atoms with E-state index in [1.165, 1.54) is 12.1 Å². The molecule has 0 spiro atoms. The fraction of sp³-hybridized carbons (Fsp3) is 0.333. The third kappa shape index (κ3) is 2.48. The monoisotopic (exact) mass is 388 g/mol. The number of rotatable bonds is 4. The summed E-state index contributed by atoms with van der Waals surface area (Å²) in [5.74, 6) is -6.57. The average Bonchev–Trinajstić information content (AvgIpc) is 2.92. The summed E-state index contributed by atoms with van der Waals surface area (Å²) in [6.45, 7) is 0.863. The Kier molecular flexibility index (Phi) is 4.50. The van der Waals surface area contributed by atoms with Gasteiger partial charge in [-0.15, -0.1) is 0 Å². The quantitative estimate of drug-likeness (QED) is 0.426. The van der Waals surface area contributed by atoms with Crippen LogP contribution in [0, 0.1) is 0 Å². The number of benzene rings is 1. The highest BCUT2D eigenvalue weighted by Crippen LogP contribution is 2.32. The zero-order valence-corrected chi connectivity index (χ0v) is 15.0. The van der Waals surface area contributed by atoms with Gasteiger partial charge in [0.25, 0.3) is 17.7 Å². The lowest BCUT2D eigenvalue weighted by Gasteiger charge is -2.40. The number of carboxylic acid groups (broad SMARTS) is 1. The number of hydrogen-bond acceptors (Lipinski definition) is 7. The topological polar surface area (TPSA) is 138 Å². The first-order chi connectivity index (χ1) is 13.2. The number of imide groups is 2. The Morgan fingerprint density at radius 1 is 1.11 bits per heavy atom. The molecule has 10 nitrogen and oxygen atoms in total. The molecule has 10 heteroatoms. The van der Waals surface area contributed by atoms with Gasteiger partial charge in [0, 0.05) is 6.42 Å². The molecule has 4 amide bonds. The fourth-order valence-corrected chi connectivity index (χ4v) is 3.44. The van der Waals surface area contributed by atoms with Gasteiger partial charge < -0.3 is 9.84 Å². The van der Waals surface area contributed by atoms with Crippen molar-refractivity contribution >= 4 is 35.6 Å². The van der Waals surface area contributed by atoms with Gasteiger partial charge in [-0.1, -0.05) is 12.1 Å². The Labute approximate surface area is 158 Å². The Balaban J connectivity index is 2.03. The number of methoxy groups -OCH3 is 1. The molecular formula is C18H16N2O8. The van der Waals surface area contributed by atoms with Crippen molar-refractivity contribution in [3.05, 3.63) is 35.4 Å². The number of carbonyl (C=O) groups is 6. The summed E-state index contributed by atoms with van der Waals surface area (Å²) in [6, 6.07) is 4.58. The predicted molar refractivity (Wildman–Crippen MR) is 89.9 cm³/mol. The molecule has 3 rings (SSSR count). The minimum Gasteiger partial charge on any atom is -0.479 e. The fourth-order valence-electron chi connectivity index (χ4n) is 3.44. The van der Waals surface area contributed by atoms with Gasteiger partial charge in [0.05, 0.1) is 18.2 Å². The van der Waals surface area contributed by atoms with Gasteiger partial charge in [0.2, 0.25) is 11.4 Å². The number of nitrogens with zero attached hydrogens (tertiary/aromatic N) is 2. The summed E-state index contributed by atoms with van der Waals surface area (Å²) in [5, 5.41) is 9.52. The maximum Gasteiger partial charge on any atom is 0.343 e. The maximum absolute atomic E-state index is 13.0. The summed E-state index contributed by atoms with van der Waals surface area (Å²) in [7, 11) is 0.921. The van der Waals surface area contributed by atoms with Crippen LogP contribution in [0.15, 0.2) is 24.3 Å². The molecule has 0 saturated carbocycles. The van der Waals surface area contributed by atoms with E-state index in [4.69, 9.17) is 0 Å². The van der Waals surface area contributed by atoms with E-state index in [2.05, 4.69) is 4.74 Å². The zero-order chi connectivity index (χ0) is 20.8. The molecule has 0 bridgehead atoms. The Morgan fingerprint density at radius 3 is 2.11 bits per heavy atom. The predicted octanol–water partition coefficient (Wildman–Crippen LogP) is -0.183. The van der Waals surface area contributed by atoms with Crippen LogP contribution in [0.4, 0.5) is 0 Å². The van der Waals surface area contributed by atoms with Gasteiger partial charge in [-0.05, 0) is 25.5 Å². The highest BCUT2D eigenvalue weighted by molar-refractivity contribution is 6.24. The van der Waals surface area contributed by atoms with E-state index in [0.717, 1.165) is 14.0 Å². The van der Waals surface area contributed by atoms with Crippen LogP contribution in [0.25, 0.3) is 0 Å². The number of hydrogen-bond donors (Lipinski definition) is 1. The molecule has 0 aliphatic carbocycles. The van der Waals surface area contributed by atoms with Gasteiger partial charge in [0.15, 0.2) is 0 Å². The molecule has 28 heavy (non-hydrogen) atoms. The molecule has 0 aromatic heterocycles. The molecule has 2 atom stereocenters. The van der Waals surface area contributed by atoms with Crippen molar-refractivity contribution < 1.29 is 38.6 Å². The second-order valence-electron chi connectivity index (χ2n) is 6.52. The first-order valence-electron chi connectivity index (χ1n) is 8.31. The highest BCUT2D eigenvalue weighted by atomic mass is 16.5. The number of fused-ring (bicyclic) bond motifs is 1. The molecule has 2 heterocycles. The van der Waals surface area contributed by atoms with Crippen molar-refractivity contribution in [1.82, 2.24) is 9.80 Å². The van der Waals surface area contributed by atoms with Crippen molar-refractivity contribution in [3.8, 4) is 0 Å². The van der Waals surface area contributed by atoms with E-state index >= 15 is 0 Å². The lowest BCUT2D eigenvalue weighted by Crippen LogP contribution is -2.68. The Hall–Kier alpha value is -3.56. The third-order valence-corrected chi connectivity index (χ3v) is 4.97. The van der Waals surface area contributed by atoms with Gasteiger partial charge in [-0.2, -0.15) is 0 Å². The smallest absolute Gasteiger partial charge is 0.343 e. The highest BCUT2D eigenvalue weighted by Gasteiger charge is 2.58. The Morgan fingerprint density at radius 2 is 1.64 bits per heavy atom. The molecule has 1 fully saturated rings. The minimum absolute atomic E-state index is 0.109. The Bertz CT molecular complexity index is 904. The van der Waals surface area contributed by atoms with Crippen LogP contribution in [0.2, 0.25) is 0 Å². The molecule has 1 saturated heterocycles. The average molecular weight is 388 g/mol. The number of amides is 4. The van der Waals surface area contributed by atoms with E-state index in [1.54, 1.807) is 12.1 Å².